The van der Waals surface area contributed by atoms with Crippen molar-refractivity contribution in [1.82, 2.24) is 0 Å². The van der Waals surface area contributed by atoms with Gasteiger partial charge in [0.2, 0.25) is 0 Å². The fourth-order valence-electron chi connectivity index (χ4n) is 0.795. The van der Waals surface area contributed by atoms with E-state index >= 15 is 0 Å². The Morgan fingerprint density at radius 1 is 1.38 bits per heavy atom. The van der Waals surface area contributed by atoms with Gasteiger partial charge in [0.25, 0.3) is 6.69 Å². The van der Waals surface area contributed by atoms with E-state index in [1.54, 1.807) is 0 Å². The normalized spacial score (nSPS) is 25.8. The van der Waals surface area contributed by atoms with Gasteiger partial charge in [-0.05, 0) is 18.9 Å². The third-order valence-corrected chi connectivity index (χ3v) is 4.88. The molecule has 0 N–H and O–H groups in total. The summed E-state index contributed by atoms with van der Waals surface area (Å²) in [5.41, 5.74) is 2.00. The van der Waals surface area contributed by atoms with E-state index in [-0.39, 0.29) is 0 Å². The molecule has 0 fully saturated rings. The Morgan fingerprint density at radius 2 is 2.12 bits per heavy atom. The van der Waals surface area contributed by atoms with Crippen molar-refractivity contribution in [3.8, 4) is 0 Å². The number of hydrogen-bond donors (Lipinski definition) is 0. The largest absolute Gasteiger partial charge is 0.273 e. The molecule has 8 heavy (non-hydrogen) atoms. The quantitative estimate of drug-likeness (QED) is 0.384. The van der Waals surface area contributed by atoms with Gasteiger partial charge in [-0.3, -0.25) is 0 Å². The molecule has 0 spiro atoms. The predicted octanol–water partition coefficient (Wildman–Crippen LogP) is 2.80. The van der Waals surface area contributed by atoms with Crippen LogP contribution in [0.25, 0.3) is 0 Å². The summed E-state index contributed by atoms with van der Waals surface area (Å²) >= 11 is 11.8. The van der Waals surface area contributed by atoms with Crippen LogP contribution in [-0.2, 0) is 0 Å². The lowest BCUT2D eigenvalue weighted by atomic mass is 10.3. The molecule has 0 aromatic rings. The van der Waals surface area contributed by atoms with Crippen molar-refractivity contribution >= 4 is 28.9 Å². The van der Waals surface area contributed by atoms with Gasteiger partial charge in [-0.1, -0.05) is 11.8 Å². The topological polar surface area (TPSA) is 0 Å². The van der Waals surface area contributed by atoms with Gasteiger partial charge >= 0.3 is 0 Å². The zero-order valence-corrected chi connectivity index (χ0v) is 7.04. The fourth-order valence-corrected chi connectivity index (χ4v) is 3.48. The molecule has 0 aliphatic carbocycles. The average Bonchev–Trinajstić information content (AvgIpc) is 1.65. The number of halogens is 2. The summed E-state index contributed by atoms with van der Waals surface area (Å²) < 4.78 is 0. The van der Waals surface area contributed by atoms with E-state index in [0.717, 1.165) is 12.5 Å². The summed E-state index contributed by atoms with van der Waals surface area (Å²) in [4.78, 5) is 0. The highest BCUT2D eigenvalue weighted by atomic mass is 35.7. The van der Waals surface area contributed by atoms with E-state index in [9.17, 15) is 0 Å². The highest BCUT2D eigenvalue weighted by molar-refractivity contribution is 7.47. The summed E-state index contributed by atoms with van der Waals surface area (Å²) in [5, 5.41) is 0. The van der Waals surface area contributed by atoms with Crippen LogP contribution in [0.3, 0.4) is 0 Å². The SMILES string of the molecule is Cl[Si]1(Cl)C=CCCC1. The highest BCUT2D eigenvalue weighted by Crippen LogP contribution is 2.28. The Bertz CT molecular complexity index is 109. The Morgan fingerprint density at radius 3 is 2.38 bits per heavy atom. The molecule has 0 radical (unpaired) electrons. The molecule has 0 atom stereocenters. The molecule has 0 amide bonds. The second-order valence-electron chi connectivity index (χ2n) is 2.06. The minimum absolute atomic E-state index is 1.03. The molecule has 1 aliphatic heterocycles. The molecular weight excluding hydrogens is 159 g/mol. The standard InChI is InChI=1S/C5H8Cl2Si/c6-8(7)4-2-1-3-5-8/h2,4H,1,3,5H2. The van der Waals surface area contributed by atoms with Crippen molar-refractivity contribution in [2.45, 2.75) is 18.9 Å². The molecule has 46 valence electrons. The van der Waals surface area contributed by atoms with Crippen LogP contribution >= 0.6 is 22.2 Å². The molecule has 0 unspecified atom stereocenters. The van der Waals surface area contributed by atoms with Crippen LogP contribution in [0.2, 0.25) is 6.04 Å². The van der Waals surface area contributed by atoms with Gasteiger partial charge in [-0.2, -0.15) is 0 Å². The molecule has 0 nitrogen and oxygen atoms in total. The van der Waals surface area contributed by atoms with Crippen molar-refractivity contribution in [3.63, 3.8) is 0 Å². The summed E-state index contributed by atoms with van der Waals surface area (Å²) in [6.45, 7) is -1.83. The maximum absolute atomic E-state index is 5.89. The first-order valence-electron chi connectivity index (χ1n) is 2.76. The molecule has 1 rings (SSSR count). The lowest BCUT2D eigenvalue weighted by Gasteiger charge is -2.14. The van der Waals surface area contributed by atoms with E-state index in [1.165, 1.54) is 6.42 Å². The zero-order chi connectivity index (χ0) is 6.04. The van der Waals surface area contributed by atoms with E-state index in [2.05, 4.69) is 6.08 Å². The molecule has 0 aromatic carbocycles. The summed E-state index contributed by atoms with van der Waals surface area (Å²) in [7, 11) is 0. The maximum atomic E-state index is 5.89. The van der Waals surface area contributed by atoms with Gasteiger partial charge in [-0.15, -0.1) is 22.2 Å². The van der Waals surface area contributed by atoms with Gasteiger partial charge in [0.05, 0.1) is 0 Å². The number of hydrogen-bond acceptors (Lipinski definition) is 0. The molecule has 1 heterocycles. The zero-order valence-electron chi connectivity index (χ0n) is 4.53. The van der Waals surface area contributed by atoms with Gasteiger partial charge in [0.15, 0.2) is 0 Å². The van der Waals surface area contributed by atoms with Gasteiger partial charge in [0, 0.05) is 0 Å². The molecule has 0 saturated carbocycles. The van der Waals surface area contributed by atoms with E-state index in [0.29, 0.717) is 0 Å². The third kappa shape index (κ3) is 1.80. The monoisotopic (exact) mass is 166 g/mol. The average molecular weight is 167 g/mol. The Labute approximate surface area is 59.9 Å². The van der Waals surface area contributed by atoms with Crippen molar-refractivity contribution in [2.24, 2.45) is 0 Å². The minimum atomic E-state index is -1.83. The fraction of sp³-hybridized carbons (Fsp3) is 0.600. The van der Waals surface area contributed by atoms with Crippen molar-refractivity contribution in [3.05, 3.63) is 11.8 Å². The Kier molecular flexibility index (Phi) is 2.01. The number of allylic oxidation sites excluding steroid dienone is 1. The summed E-state index contributed by atoms with van der Waals surface area (Å²) in [6, 6.07) is 1.03. The lowest BCUT2D eigenvalue weighted by molar-refractivity contribution is 0.935. The van der Waals surface area contributed by atoms with Crippen LogP contribution in [0.4, 0.5) is 0 Å². The van der Waals surface area contributed by atoms with E-state index in [4.69, 9.17) is 22.2 Å². The summed E-state index contributed by atoms with van der Waals surface area (Å²) in [6.07, 6.45) is 4.43. The third-order valence-electron chi connectivity index (χ3n) is 1.24. The van der Waals surface area contributed by atoms with Crippen LogP contribution in [0.15, 0.2) is 11.8 Å². The Balaban J connectivity index is 2.56. The van der Waals surface area contributed by atoms with Crippen LogP contribution < -0.4 is 0 Å². The van der Waals surface area contributed by atoms with E-state index in [1.807, 2.05) is 5.70 Å². The predicted molar refractivity (Wildman–Crippen MR) is 40.6 cm³/mol. The summed E-state index contributed by atoms with van der Waals surface area (Å²) in [5.74, 6) is 0. The first-order chi connectivity index (χ1) is 3.71. The number of rotatable bonds is 0. The lowest BCUT2D eigenvalue weighted by Crippen LogP contribution is -2.17. The second kappa shape index (κ2) is 2.42. The van der Waals surface area contributed by atoms with Gasteiger partial charge < -0.3 is 0 Å². The second-order valence-corrected chi connectivity index (χ2v) is 9.04. The minimum Gasteiger partial charge on any atom is -0.140 e. The van der Waals surface area contributed by atoms with Crippen LogP contribution in [0.5, 0.6) is 0 Å². The first-order valence-corrected chi connectivity index (χ1v) is 7.07. The molecular formula is C5H8Cl2Si. The molecule has 0 aromatic heterocycles. The first kappa shape index (κ1) is 6.65. The van der Waals surface area contributed by atoms with Gasteiger partial charge in [-0.25, -0.2) is 0 Å². The van der Waals surface area contributed by atoms with E-state index < -0.39 is 6.69 Å². The van der Waals surface area contributed by atoms with Crippen LogP contribution in [-0.4, -0.2) is 6.69 Å². The molecule has 0 saturated heterocycles. The van der Waals surface area contributed by atoms with Crippen molar-refractivity contribution in [2.75, 3.05) is 0 Å². The van der Waals surface area contributed by atoms with Crippen LogP contribution in [0, 0.1) is 0 Å². The maximum Gasteiger partial charge on any atom is 0.273 e. The molecule has 0 bridgehead atoms. The smallest absolute Gasteiger partial charge is 0.140 e. The molecule has 3 heteroatoms. The Hall–Kier alpha value is 0.537. The highest BCUT2D eigenvalue weighted by Gasteiger charge is 2.25. The molecule has 1 aliphatic rings. The van der Waals surface area contributed by atoms with Gasteiger partial charge in [0.1, 0.15) is 0 Å². The van der Waals surface area contributed by atoms with Crippen LogP contribution in [0.1, 0.15) is 12.8 Å². The van der Waals surface area contributed by atoms with Crippen molar-refractivity contribution < 1.29 is 0 Å². The van der Waals surface area contributed by atoms with Crippen molar-refractivity contribution in [1.29, 1.82) is 0 Å².